The molecule has 1 aliphatic carbocycles. The molecule has 1 saturated carbocycles. The summed E-state index contributed by atoms with van der Waals surface area (Å²) in [4.78, 5) is 2.67. The van der Waals surface area contributed by atoms with Gasteiger partial charge in [0.05, 0.1) is 6.20 Å². The van der Waals surface area contributed by atoms with Crippen molar-refractivity contribution in [2.45, 2.75) is 70.6 Å². The van der Waals surface area contributed by atoms with Gasteiger partial charge in [0.25, 0.3) is 0 Å². The Balaban J connectivity index is 1.71. The molecule has 2 heterocycles. The molecule has 0 aromatic carbocycles. The van der Waals surface area contributed by atoms with Gasteiger partial charge in [-0.05, 0) is 39.7 Å². The first kappa shape index (κ1) is 14.1. The Bertz CT molecular complexity index is 433. The summed E-state index contributed by atoms with van der Waals surface area (Å²) < 4.78 is 2.03. The SMILES string of the molecule is CCn1cc(CN2CC3(CCCC3)NCCC2C)cn1. The Morgan fingerprint density at radius 1 is 1.40 bits per heavy atom. The van der Waals surface area contributed by atoms with E-state index in [9.17, 15) is 0 Å². The molecule has 1 aromatic rings. The highest BCUT2D eigenvalue weighted by Gasteiger charge is 2.38. The fraction of sp³-hybridized carbons (Fsp3) is 0.812. The maximum absolute atomic E-state index is 4.41. The lowest BCUT2D eigenvalue weighted by Gasteiger charge is -2.35. The van der Waals surface area contributed by atoms with Crippen molar-refractivity contribution in [3.8, 4) is 0 Å². The average molecular weight is 276 g/mol. The molecule has 1 aromatic heterocycles. The van der Waals surface area contributed by atoms with E-state index in [1.807, 2.05) is 10.9 Å². The van der Waals surface area contributed by atoms with Gasteiger partial charge in [-0.1, -0.05) is 12.8 Å². The Morgan fingerprint density at radius 2 is 2.20 bits per heavy atom. The largest absolute Gasteiger partial charge is 0.310 e. The van der Waals surface area contributed by atoms with E-state index in [1.165, 1.54) is 50.8 Å². The van der Waals surface area contributed by atoms with Crippen LogP contribution in [0.3, 0.4) is 0 Å². The van der Waals surface area contributed by atoms with Crippen LogP contribution >= 0.6 is 0 Å². The Hall–Kier alpha value is -0.870. The fourth-order valence-corrected chi connectivity index (χ4v) is 3.82. The predicted octanol–water partition coefficient (Wildman–Crippen LogP) is 2.40. The molecule has 1 atom stereocenters. The maximum atomic E-state index is 4.41. The van der Waals surface area contributed by atoms with Crippen molar-refractivity contribution >= 4 is 0 Å². The molecule has 4 heteroatoms. The van der Waals surface area contributed by atoms with E-state index in [2.05, 4.69) is 35.4 Å². The minimum absolute atomic E-state index is 0.394. The van der Waals surface area contributed by atoms with Crippen LogP contribution in [0.25, 0.3) is 0 Å². The van der Waals surface area contributed by atoms with Crippen LogP contribution in [0.5, 0.6) is 0 Å². The van der Waals surface area contributed by atoms with Crippen molar-refractivity contribution in [2.75, 3.05) is 13.1 Å². The van der Waals surface area contributed by atoms with E-state index >= 15 is 0 Å². The second-order valence-electron chi connectivity index (χ2n) is 6.66. The molecule has 1 N–H and O–H groups in total. The van der Waals surface area contributed by atoms with Crippen LogP contribution in [0.2, 0.25) is 0 Å². The third-order valence-electron chi connectivity index (χ3n) is 5.15. The summed E-state index contributed by atoms with van der Waals surface area (Å²) in [6.45, 7) is 8.89. The number of aryl methyl sites for hydroxylation is 1. The normalized spacial score (nSPS) is 27.0. The maximum Gasteiger partial charge on any atom is 0.0534 e. The highest BCUT2D eigenvalue weighted by molar-refractivity contribution is 5.06. The van der Waals surface area contributed by atoms with Crippen molar-refractivity contribution in [3.05, 3.63) is 18.0 Å². The number of hydrogen-bond acceptors (Lipinski definition) is 3. The first-order valence-corrected chi connectivity index (χ1v) is 8.21. The molecule has 0 bridgehead atoms. The molecule has 3 rings (SSSR count). The van der Waals surface area contributed by atoms with Crippen molar-refractivity contribution in [1.82, 2.24) is 20.0 Å². The van der Waals surface area contributed by atoms with E-state index in [0.717, 1.165) is 13.1 Å². The predicted molar refractivity (Wildman–Crippen MR) is 81.6 cm³/mol. The molecule has 1 aliphatic heterocycles. The monoisotopic (exact) mass is 276 g/mol. The lowest BCUT2D eigenvalue weighted by Crippen LogP contribution is -2.49. The summed E-state index contributed by atoms with van der Waals surface area (Å²) >= 11 is 0. The molecular formula is C16H28N4. The molecule has 20 heavy (non-hydrogen) atoms. The van der Waals surface area contributed by atoms with Gasteiger partial charge in [0.1, 0.15) is 0 Å². The van der Waals surface area contributed by atoms with Gasteiger partial charge in [0, 0.05) is 43.0 Å². The van der Waals surface area contributed by atoms with Gasteiger partial charge in [-0.2, -0.15) is 5.10 Å². The zero-order valence-corrected chi connectivity index (χ0v) is 12.9. The number of nitrogens with zero attached hydrogens (tertiary/aromatic N) is 3. The lowest BCUT2D eigenvalue weighted by atomic mass is 9.97. The minimum atomic E-state index is 0.394. The van der Waals surface area contributed by atoms with Crippen LogP contribution < -0.4 is 5.32 Å². The standard InChI is InChI=1S/C16H28N4/c1-3-20-12-15(10-18-20)11-19-13-16(7-4-5-8-16)17-9-6-14(19)2/h10,12,14,17H,3-9,11,13H2,1-2H3. The van der Waals surface area contributed by atoms with Crippen molar-refractivity contribution in [3.63, 3.8) is 0 Å². The Kier molecular flexibility index (Phi) is 4.13. The smallest absolute Gasteiger partial charge is 0.0534 e. The zero-order valence-electron chi connectivity index (χ0n) is 12.9. The summed E-state index contributed by atoms with van der Waals surface area (Å²) in [5.74, 6) is 0. The molecule has 2 fully saturated rings. The molecule has 2 aliphatic rings. The van der Waals surface area contributed by atoms with Crippen LogP contribution in [0.4, 0.5) is 0 Å². The number of nitrogens with one attached hydrogen (secondary N) is 1. The third-order valence-corrected chi connectivity index (χ3v) is 5.15. The van der Waals surface area contributed by atoms with Gasteiger partial charge in [0.2, 0.25) is 0 Å². The minimum Gasteiger partial charge on any atom is -0.310 e. The quantitative estimate of drug-likeness (QED) is 0.920. The fourth-order valence-electron chi connectivity index (χ4n) is 3.82. The molecule has 0 amide bonds. The average Bonchev–Trinajstić information content (AvgIpc) is 3.04. The first-order valence-electron chi connectivity index (χ1n) is 8.21. The van der Waals surface area contributed by atoms with Gasteiger partial charge in [-0.25, -0.2) is 0 Å². The highest BCUT2D eigenvalue weighted by Crippen LogP contribution is 2.33. The number of rotatable bonds is 3. The van der Waals surface area contributed by atoms with Crippen LogP contribution in [0.1, 0.15) is 51.5 Å². The summed E-state index contributed by atoms with van der Waals surface area (Å²) in [6, 6.07) is 0.660. The van der Waals surface area contributed by atoms with E-state index < -0.39 is 0 Å². The lowest BCUT2D eigenvalue weighted by molar-refractivity contribution is 0.160. The molecular weight excluding hydrogens is 248 g/mol. The summed E-state index contributed by atoms with van der Waals surface area (Å²) in [6.07, 6.45) is 11.0. The molecule has 4 nitrogen and oxygen atoms in total. The number of aromatic nitrogens is 2. The van der Waals surface area contributed by atoms with Crippen LogP contribution in [0, 0.1) is 0 Å². The summed E-state index contributed by atoms with van der Waals surface area (Å²) in [5.41, 5.74) is 1.75. The first-order chi connectivity index (χ1) is 9.71. The number of hydrogen-bond donors (Lipinski definition) is 1. The van der Waals surface area contributed by atoms with Gasteiger partial charge >= 0.3 is 0 Å². The van der Waals surface area contributed by atoms with Gasteiger partial charge in [-0.3, -0.25) is 9.58 Å². The van der Waals surface area contributed by atoms with Crippen LogP contribution in [0.15, 0.2) is 12.4 Å². The molecule has 0 radical (unpaired) electrons. The Labute approximate surface area is 122 Å². The summed E-state index contributed by atoms with van der Waals surface area (Å²) in [7, 11) is 0. The Morgan fingerprint density at radius 3 is 2.90 bits per heavy atom. The van der Waals surface area contributed by atoms with E-state index in [1.54, 1.807) is 0 Å². The van der Waals surface area contributed by atoms with Crippen molar-refractivity contribution in [1.29, 1.82) is 0 Å². The second-order valence-corrected chi connectivity index (χ2v) is 6.66. The molecule has 1 saturated heterocycles. The van der Waals surface area contributed by atoms with E-state index in [0.29, 0.717) is 11.6 Å². The third kappa shape index (κ3) is 2.91. The van der Waals surface area contributed by atoms with Crippen molar-refractivity contribution < 1.29 is 0 Å². The van der Waals surface area contributed by atoms with E-state index in [-0.39, 0.29) is 0 Å². The highest BCUT2D eigenvalue weighted by atomic mass is 15.3. The second kappa shape index (κ2) is 5.86. The topological polar surface area (TPSA) is 33.1 Å². The van der Waals surface area contributed by atoms with E-state index in [4.69, 9.17) is 0 Å². The van der Waals surface area contributed by atoms with Gasteiger partial charge in [-0.15, -0.1) is 0 Å². The van der Waals surface area contributed by atoms with Gasteiger partial charge < -0.3 is 5.32 Å². The van der Waals surface area contributed by atoms with Crippen LogP contribution in [-0.4, -0.2) is 39.4 Å². The molecule has 1 unspecified atom stereocenters. The van der Waals surface area contributed by atoms with Crippen LogP contribution in [-0.2, 0) is 13.1 Å². The van der Waals surface area contributed by atoms with Gasteiger partial charge in [0.15, 0.2) is 0 Å². The summed E-state index contributed by atoms with van der Waals surface area (Å²) in [5, 5.41) is 8.27. The zero-order chi connectivity index (χ0) is 14.0. The molecule has 112 valence electrons. The molecule has 1 spiro atoms. The van der Waals surface area contributed by atoms with Crippen molar-refractivity contribution in [2.24, 2.45) is 0 Å².